The number of piperidine rings is 1. The molecular weight excluding hydrogens is 324 g/mol. The summed E-state index contributed by atoms with van der Waals surface area (Å²) < 4.78 is 0. The minimum atomic E-state index is -0.909. The molecule has 24 heavy (non-hydrogen) atoms. The first kappa shape index (κ1) is 19.2. The zero-order valence-corrected chi connectivity index (χ0v) is 15.2. The lowest BCUT2D eigenvalue weighted by atomic mass is 9.74. The number of benzene rings is 1. The summed E-state index contributed by atoms with van der Waals surface area (Å²) in [4.78, 5) is 11.6. The molecule has 1 aliphatic heterocycles. The number of hydrogen-bond acceptors (Lipinski definition) is 3. The van der Waals surface area contributed by atoms with Crippen molar-refractivity contribution >= 4 is 17.5 Å². The van der Waals surface area contributed by atoms with Crippen molar-refractivity contribution in [1.82, 2.24) is 10.6 Å². The standard InChI is InChI=1S/C19H29ClN2O2/c1-2-6-18(23)22-12-5-10-19(24,16-8-4-11-21-14-16)15-7-3-9-17(20)13-15/h3,7,9,13,16,21,24H,2,4-6,8,10-12,14H2,1H3,(H,22,23). The molecule has 2 atom stereocenters. The van der Waals surface area contributed by atoms with E-state index in [1.165, 1.54) is 0 Å². The second-order valence-corrected chi connectivity index (χ2v) is 7.12. The van der Waals surface area contributed by atoms with E-state index in [-0.39, 0.29) is 11.8 Å². The highest BCUT2D eigenvalue weighted by molar-refractivity contribution is 6.30. The second kappa shape index (κ2) is 9.40. The minimum absolute atomic E-state index is 0.0862. The molecule has 1 saturated heterocycles. The van der Waals surface area contributed by atoms with Crippen molar-refractivity contribution in [3.8, 4) is 0 Å². The highest BCUT2D eigenvalue weighted by Crippen LogP contribution is 2.38. The fraction of sp³-hybridized carbons (Fsp3) is 0.632. The molecule has 0 radical (unpaired) electrons. The molecule has 1 amide bonds. The number of amides is 1. The summed E-state index contributed by atoms with van der Waals surface area (Å²) in [5.74, 6) is 0.249. The Morgan fingerprint density at radius 1 is 1.50 bits per heavy atom. The highest BCUT2D eigenvalue weighted by Gasteiger charge is 2.38. The molecular formula is C19H29ClN2O2. The van der Waals surface area contributed by atoms with Crippen molar-refractivity contribution in [2.24, 2.45) is 5.92 Å². The van der Waals surface area contributed by atoms with Crippen LogP contribution in [0, 0.1) is 5.92 Å². The van der Waals surface area contributed by atoms with E-state index in [0.717, 1.165) is 44.3 Å². The van der Waals surface area contributed by atoms with Crippen molar-refractivity contribution in [2.75, 3.05) is 19.6 Å². The summed E-state index contributed by atoms with van der Waals surface area (Å²) >= 11 is 6.14. The maximum Gasteiger partial charge on any atom is 0.219 e. The quantitative estimate of drug-likeness (QED) is 0.629. The van der Waals surface area contributed by atoms with E-state index in [0.29, 0.717) is 24.4 Å². The number of aliphatic hydroxyl groups is 1. The number of halogens is 1. The van der Waals surface area contributed by atoms with Gasteiger partial charge >= 0.3 is 0 Å². The van der Waals surface area contributed by atoms with Crippen LogP contribution in [-0.2, 0) is 10.4 Å². The van der Waals surface area contributed by atoms with Crippen LogP contribution in [-0.4, -0.2) is 30.6 Å². The van der Waals surface area contributed by atoms with E-state index in [1.54, 1.807) is 0 Å². The first-order valence-corrected chi connectivity index (χ1v) is 9.40. The molecule has 1 heterocycles. The van der Waals surface area contributed by atoms with Crippen molar-refractivity contribution in [1.29, 1.82) is 0 Å². The Balaban J connectivity index is 2.04. The van der Waals surface area contributed by atoms with Gasteiger partial charge in [-0.2, -0.15) is 0 Å². The van der Waals surface area contributed by atoms with E-state index in [1.807, 2.05) is 31.2 Å². The van der Waals surface area contributed by atoms with E-state index in [2.05, 4.69) is 10.6 Å². The largest absolute Gasteiger partial charge is 0.385 e. The van der Waals surface area contributed by atoms with E-state index < -0.39 is 5.60 Å². The number of hydrogen-bond donors (Lipinski definition) is 3. The average Bonchev–Trinajstić information content (AvgIpc) is 2.59. The van der Waals surface area contributed by atoms with Gasteiger partial charge in [0.05, 0.1) is 5.60 Å². The molecule has 0 aliphatic carbocycles. The van der Waals surface area contributed by atoms with Crippen molar-refractivity contribution in [3.05, 3.63) is 34.9 Å². The lowest BCUT2D eigenvalue weighted by molar-refractivity contribution is -0.121. The summed E-state index contributed by atoms with van der Waals surface area (Å²) in [5, 5.41) is 18.5. The number of carbonyl (C=O) groups excluding carboxylic acids is 1. The SMILES string of the molecule is CCCC(=O)NCCCC(O)(c1cccc(Cl)c1)C1CCCNC1. The second-order valence-electron chi connectivity index (χ2n) is 6.68. The van der Waals surface area contributed by atoms with Gasteiger partial charge in [0, 0.05) is 30.5 Å². The smallest absolute Gasteiger partial charge is 0.219 e. The molecule has 0 spiro atoms. The summed E-state index contributed by atoms with van der Waals surface area (Å²) in [6, 6.07) is 7.54. The van der Waals surface area contributed by atoms with Gasteiger partial charge in [-0.15, -0.1) is 0 Å². The predicted molar refractivity (Wildman–Crippen MR) is 98.1 cm³/mol. The van der Waals surface area contributed by atoms with Gasteiger partial charge in [-0.05, 0) is 56.3 Å². The van der Waals surface area contributed by atoms with Crippen LogP contribution in [0.5, 0.6) is 0 Å². The van der Waals surface area contributed by atoms with Crippen LogP contribution >= 0.6 is 11.6 Å². The third kappa shape index (κ3) is 5.20. The van der Waals surface area contributed by atoms with Gasteiger partial charge in [0.2, 0.25) is 5.91 Å². The summed E-state index contributed by atoms with van der Waals surface area (Å²) in [7, 11) is 0. The zero-order chi connectivity index (χ0) is 17.4. The summed E-state index contributed by atoms with van der Waals surface area (Å²) in [6.07, 6.45) is 4.84. The molecule has 1 aromatic carbocycles. The van der Waals surface area contributed by atoms with Gasteiger partial charge in [-0.3, -0.25) is 4.79 Å². The van der Waals surface area contributed by atoms with Crippen LogP contribution in [0.2, 0.25) is 5.02 Å². The Hall–Kier alpha value is -1.10. The maximum atomic E-state index is 11.6. The van der Waals surface area contributed by atoms with Gasteiger partial charge in [0.1, 0.15) is 0 Å². The molecule has 2 unspecified atom stereocenters. The van der Waals surface area contributed by atoms with Gasteiger partial charge in [-0.1, -0.05) is 30.7 Å². The fourth-order valence-corrected chi connectivity index (χ4v) is 3.69. The summed E-state index contributed by atoms with van der Waals surface area (Å²) in [6.45, 7) is 4.41. The highest BCUT2D eigenvalue weighted by atomic mass is 35.5. The average molecular weight is 353 g/mol. The van der Waals surface area contributed by atoms with Gasteiger partial charge < -0.3 is 15.7 Å². The van der Waals surface area contributed by atoms with Gasteiger partial charge in [0.25, 0.3) is 0 Å². The molecule has 1 aliphatic rings. The summed E-state index contributed by atoms with van der Waals surface area (Å²) in [5.41, 5.74) is -0.0306. The predicted octanol–water partition coefficient (Wildman–Crippen LogP) is 3.22. The Bertz CT molecular complexity index is 532. The number of rotatable bonds is 8. The van der Waals surface area contributed by atoms with Crippen molar-refractivity contribution in [2.45, 2.75) is 51.0 Å². The van der Waals surface area contributed by atoms with E-state index in [9.17, 15) is 9.90 Å². The molecule has 0 bridgehead atoms. The van der Waals surface area contributed by atoms with E-state index >= 15 is 0 Å². The van der Waals surface area contributed by atoms with Gasteiger partial charge in [0.15, 0.2) is 0 Å². The lowest BCUT2D eigenvalue weighted by Crippen LogP contribution is -2.44. The Morgan fingerprint density at radius 3 is 3.00 bits per heavy atom. The lowest BCUT2D eigenvalue weighted by Gasteiger charge is -2.39. The maximum absolute atomic E-state index is 11.6. The molecule has 1 fully saturated rings. The molecule has 4 nitrogen and oxygen atoms in total. The number of carbonyl (C=O) groups is 1. The minimum Gasteiger partial charge on any atom is -0.385 e. The fourth-order valence-electron chi connectivity index (χ4n) is 3.50. The van der Waals surface area contributed by atoms with Crippen molar-refractivity contribution < 1.29 is 9.90 Å². The third-order valence-electron chi connectivity index (χ3n) is 4.83. The monoisotopic (exact) mass is 352 g/mol. The number of nitrogens with one attached hydrogen (secondary N) is 2. The molecule has 3 N–H and O–H groups in total. The first-order valence-electron chi connectivity index (χ1n) is 9.02. The third-order valence-corrected chi connectivity index (χ3v) is 5.07. The van der Waals surface area contributed by atoms with Crippen LogP contribution in [0.1, 0.15) is 51.0 Å². The van der Waals surface area contributed by atoms with Crippen LogP contribution in [0.25, 0.3) is 0 Å². The molecule has 0 aromatic heterocycles. The Labute approximate surface area is 150 Å². The van der Waals surface area contributed by atoms with Crippen molar-refractivity contribution in [3.63, 3.8) is 0 Å². The van der Waals surface area contributed by atoms with Crippen LogP contribution in [0.15, 0.2) is 24.3 Å². The topological polar surface area (TPSA) is 61.4 Å². The molecule has 0 saturated carbocycles. The van der Waals surface area contributed by atoms with E-state index in [4.69, 9.17) is 11.6 Å². The molecule has 1 aromatic rings. The first-order chi connectivity index (χ1) is 11.6. The van der Waals surface area contributed by atoms with Crippen LogP contribution in [0.3, 0.4) is 0 Å². The Morgan fingerprint density at radius 2 is 2.33 bits per heavy atom. The normalized spacial score (nSPS) is 20.4. The zero-order valence-electron chi connectivity index (χ0n) is 14.5. The van der Waals surface area contributed by atoms with Gasteiger partial charge in [-0.25, -0.2) is 0 Å². The van der Waals surface area contributed by atoms with Crippen LogP contribution < -0.4 is 10.6 Å². The molecule has 134 valence electrons. The van der Waals surface area contributed by atoms with Crippen LogP contribution in [0.4, 0.5) is 0 Å². The Kier molecular flexibility index (Phi) is 7.53. The molecule has 5 heteroatoms. The molecule has 2 rings (SSSR count).